The van der Waals surface area contributed by atoms with E-state index >= 15 is 0 Å². The summed E-state index contributed by atoms with van der Waals surface area (Å²) >= 11 is 3.56. The van der Waals surface area contributed by atoms with Gasteiger partial charge < -0.3 is 0 Å². The smallest absolute Gasteiger partial charge is 0.196 e. The molecule has 1 aliphatic rings. The molecule has 3 nitrogen and oxygen atoms in total. The van der Waals surface area contributed by atoms with Crippen LogP contribution in [-0.4, -0.2) is 38.3 Å². The molecule has 0 radical (unpaired) electrons. The number of nitrogens with zero attached hydrogens (tertiary/aromatic N) is 2. The highest BCUT2D eigenvalue weighted by Gasteiger charge is 2.24. The Labute approximate surface area is 91.1 Å². The van der Waals surface area contributed by atoms with Crippen LogP contribution < -0.4 is 0 Å². The first-order chi connectivity index (χ1) is 6.88. The zero-order valence-electron chi connectivity index (χ0n) is 7.55. The fourth-order valence-electron chi connectivity index (χ4n) is 1.23. The molecule has 0 aromatic carbocycles. The number of rotatable bonds is 2. The molecule has 74 valence electrons. The van der Waals surface area contributed by atoms with E-state index in [0.717, 1.165) is 17.3 Å². The molecule has 1 aromatic rings. The van der Waals surface area contributed by atoms with E-state index in [4.69, 9.17) is 0 Å². The third-order valence-corrected chi connectivity index (χ3v) is 4.68. The minimum Gasteiger partial charge on any atom is -0.291 e. The van der Waals surface area contributed by atoms with Crippen molar-refractivity contribution in [1.82, 2.24) is 9.97 Å². The molecule has 14 heavy (non-hydrogen) atoms. The van der Waals surface area contributed by atoms with Gasteiger partial charge in [-0.05, 0) is 0 Å². The first-order valence-corrected chi connectivity index (χ1v) is 6.58. The van der Waals surface area contributed by atoms with Crippen molar-refractivity contribution in [2.24, 2.45) is 0 Å². The van der Waals surface area contributed by atoms with Gasteiger partial charge in [0, 0.05) is 29.7 Å². The summed E-state index contributed by atoms with van der Waals surface area (Å²) in [5.41, 5.74) is 0.493. The number of carbonyl (C=O) groups excluding carboxylic acids is 1. The first kappa shape index (κ1) is 9.98. The van der Waals surface area contributed by atoms with Crippen LogP contribution in [0, 0.1) is 0 Å². The zero-order valence-corrected chi connectivity index (χ0v) is 9.18. The van der Waals surface area contributed by atoms with Crippen molar-refractivity contribution >= 4 is 29.3 Å². The number of hydrogen-bond acceptors (Lipinski definition) is 5. The monoisotopic (exact) mass is 226 g/mol. The van der Waals surface area contributed by atoms with E-state index in [0.29, 0.717) is 5.69 Å². The third-order valence-electron chi connectivity index (χ3n) is 1.92. The predicted octanol–water partition coefficient (Wildman–Crippen LogP) is 1.51. The lowest BCUT2D eigenvalue weighted by molar-refractivity contribution is 0.0990. The van der Waals surface area contributed by atoms with E-state index < -0.39 is 0 Å². The lowest BCUT2D eigenvalue weighted by Crippen LogP contribution is -2.25. The Hall–Kier alpha value is -0.550. The molecular formula is C9H10N2OS2. The van der Waals surface area contributed by atoms with Gasteiger partial charge in [0.05, 0.1) is 11.4 Å². The SMILES string of the molecule is O=C(c1cnccn1)C1CSCCS1. The quantitative estimate of drug-likeness (QED) is 0.715. The van der Waals surface area contributed by atoms with Crippen LogP contribution in [0.2, 0.25) is 0 Å². The molecule has 0 N–H and O–H groups in total. The van der Waals surface area contributed by atoms with Gasteiger partial charge in [0.25, 0.3) is 0 Å². The summed E-state index contributed by atoms with van der Waals surface area (Å²) in [6, 6.07) is 0. The zero-order chi connectivity index (χ0) is 9.80. The highest BCUT2D eigenvalue weighted by atomic mass is 32.2. The first-order valence-electron chi connectivity index (χ1n) is 4.37. The average Bonchev–Trinajstić information content (AvgIpc) is 2.30. The summed E-state index contributed by atoms with van der Waals surface area (Å²) in [4.78, 5) is 19.8. The fraction of sp³-hybridized carbons (Fsp3) is 0.444. The van der Waals surface area contributed by atoms with Crippen molar-refractivity contribution in [2.75, 3.05) is 17.3 Å². The summed E-state index contributed by atoms with van der Waals surface area (Å²) < 4.78 is 0. The van der Waals surface area contributed by atoms with Gasteiger partial charge in [-0.1, -0.05) is 0 Å². The van der Waals surface area contributed by atoms with Gasteiger partial charge in [0.2, 0.25) is 0 Å². The molecule has 0 spiro atoms. The molecular weight excluding hydrogens is 216 g/mol. The molecule has 2 rings (SSSR count). The Morgan fingerprint density at radius 1 is 1.43 bits per heavy atom. The minimum absolute atomic E-state index is 0.0745. The van der Waals surface area contributed by atoms with Crippen molar-refractivity contribution in [1.29, 1.82) is 0 Å². The van der Waals surface area contributed by atoms with Crippen molar-refractivity contribution < 1.29 is 4.79 Å². The Kier molecular flexibility index (Phi) is 3.42. The lowest BCUT2D eigenvalue weighted by Gasteiger charge is -2.18. The van der Waals surface area contributed by atoms with Crippen molar-refractivity contribution in [3.63, 3.8) is 0 Å². The Morgan fingerprint density at radius 3 is 3.00 bits per heavy atom. The van der Waals surface area contributed by atoms with E-state index in [9.17, 15) is 4.79 Å². The molecule has 1 aliphatic heterocycles. The third kappa shape index (κ3) is 2.27. The van der Waals surface area contributed by atoms with Gasteiger partial charge in [-0.15, -0.1) is 11.8 Å². The van der Waals surface area contributed by atoms with Crippen molar-refractivity contribution in [3.8, 4) is 0 Å². The van der Waals surface area contributed by atoms with Crippen LogP contribution in [-0.2, 0) is 0 Å². The second-order valence-corrected chi connectivity index (χ2v) is 5.35. The molecule has 0 saturated carbocycles. The van der Waals surface area contributed by atoms with Gasteiger partial charge in [0.1, 0.15) is 5.69 Å². The largest absolute Gasteiger partial charge is 0.291 e. The number of hydrogen-bond donors (Lipinski definition) is 0. The Balaban J connectivity index is 2.07. The van der Waals surface area contributed by atoms with Crippen LogP contribution in [0.5, 0.6) is 0 Å². The van der Waals surface area contributed by atoms with E-state index in [2.05, 4.69) is 9.97 Å². The summed E-state index contributed by atoms with van der Waals surface area (Å²) in [5, 5.41) is 0.0745. The minimum atomic E-state index is 0.0745. The van der Waals surface area contributed by atoms with Gasteiger partial charge in [-0.2, -0.15) is 11.8 Å². The summed E-state index contributed by atoms with van der Waals surface area (Å²) in [6.07, 6.45) is 4.69. The summed E-state index contributed by atoms with van der Waals surface area (Å²) in [6.45, 7) is 0. The maximum absolute atomic E-state index is 11.9. The molecule has 5 heteroatoms. The highest BCUT2D eigenvalue weighted by molar-refractivity contribution is 8.07. The van der Waals surface area contributed by atoms with Crippen LogP contribution in [0.15, 0.2) is 18.6 Å². The van der Waals surface area contributed by atoms with Gasteiger partial charge in [-0.25, -0.2) is 4.98 Å². The van der Waals surface area contributed by atoms with E-state index in [-0.39, 0.29) is 11.0 Å². The summed E-state index contributed by atoms with van der Waals surface area (Å²) in [7, 11) is 0. The standard InChI is InChI=1S/C9H10N2OS2/c12-9(7-5-10-1-2-11-7)8-6-13-3-4-14-8/h1-2,5,8H,3-4,6H2. The fourth-order valence-corrected chi connectivity index (χ4v) is 3.85. The maximum atomic E-state index is 11.9. The Morgan fingerprint density at radius 2 is 2.36 bits per heavy atom. The molecule has 0 bridgehead atoms. The Bertz CT molecular complexity index is 312. The van der Waals surface area contributed by atoms with E-state index in [1.807, 2.05) is 11.8 Å². The van der Waals surface area contributed by atoms with Gasteiger partial charge >= 0.3 is 0 Å². The lowest BCUT2D eigenvalue weighted by atomic mass is 10.2. The maximum Gasteiger partial charge on any atom is 0.196 e. The normalized spacial score (nSPS) is 21.9. The molecule has 1 atom stereocenters. The molecule has 1 fully saturated rings. The molecule has 2 heterocycles. The number of thioether (sulfide) groups is 2. The van der Waals surface area contributed by atoms with Crippen LogP contribution in [0.25, 0.3) is 0 Å². The second kappa shape index (κ2) is 4.79. The van der Waals surface area contributed by atoms with Crippen molar-refractivity contribution in [3.05, 3.63) is 24.3 Å². The van der Waals surface area contributed by atoms with Crippen molar-refractivity contribution in [2.45, 2.75) is 5.25 Å². The van der Waals surface area contributed by atoms with Crippen LogP contribution in [0.1, 0.15) is 10.5 Å². The average molecular weight is 226 g/mol. The molecule has 1 aromatic heterocycles. The van der Waals surface area contributed by atoms with Gasteiger partial charge in [0.15, 0.2) is 5.78 Å². The predicted molar refractivity (Wildman–Crippen MR) is 59.9 cm³/mol. The number of aromatic nitrogens is 2. The topological polar surface area (TPSA) is 42.9 Å². The highest BCUT2D eigenvalue weighted by Crippen LogP contribution is 2.26. The van der Waals surface area contributed by atoms with E-state index in [1.165, 1.54) is 0 Å². The van der Waals surface area contributed by atoms with E-state index in [1.54, 1.807) is 30.4 Å². The number of ketones is 1. The van der Waals surface area contributed by atoms with Crippen LogP contribution in [0.4, 0.5) is 0 Å². The number of carbonyl (C=O) groups is 1. The molecule has 0 aliphatic carbocycles. The van der Waals surface area contributed by atoms with Gasteiger partial charge in [-0.3, -0.25) is 9.78 Å². The van der Waals surface area contributed by atoms with Crippen LogP contribution >= 0.6 is 23.5 Å². The molecule has 0 amide bonds. The second-order valence-electron chi connectivity index (χ2n) is 2.89. The van der Waals surface area contributed by atoms with Crippen LogP contribution in [0.3, 0.4) is 0 Å². The molecule has 1 saturated heterocycles. The summed E-state index contributed by atoms with van der Waals surface area (Å²) in [5.74, 6) is 3.23. The molecule has 1 unspecified atom stereocenters. The number of Topliss-reactive ketones (excluding diaryl/α,β-unsaturated/α-hetero) is 1.